The molecule has 0 aliphatic heterocycles. The molecule has 0 bridgehead atoms. The molecule has 6 heteroatoms. The van der Waals surface area contributed by atoms with E-state index in [0.717, 1.165) is 0 Å². The molecule has 4 nitrogen and oxygen atoms in total. The summed E-state index contributed by atoms with van der Waals surface area (Å²) in [6.45, 7) is -0.786. The molecule has 0 spiro atoms. The average Bonchev–Trinajstić information content (AvgIpc) is 2.30. The Morgan fingerprint density at radius 3 is 2.78 bits per heavy atom. The van der Waals surface area contributed by atoms with Gasteiger partial charge in [0.05, 0.1) is 5.92 Å². The van der Waals surface area contributed by atoms with Crippen LogP contribution in [0.15, 0.2) is 24.3 Å². The van der Waals surface area contributed by atoms with Gasteiger partial charge in [-0.25, -0.2) is 0 Å². The molecule has 0 aliphatic rings. The van der Waals surface area contributed by atoms with Gasteiger partial charge in [-0.2, -0.15) is 8.78 Å². The summed E-state index contributed by atoms with van der Waals surface area (Å²) < 4.78 is 28.3. The molecule has 1 aromatic rings. The van der Waals surface area contributed by atoms with Crippen molar-refractivity contribution in [3.8, 4) is 5.75 Å². The molecule has 0 aliphatic carbocycles. The van der Waals surface area contributed by atoms with E-state index in [2.05, 4.69) is 10.1 Å². The van der Waals surface area contributed by atoms with Crippen LogP contribution in [0.5, 0.6) is 5.75 Å². The van der Waals surface area contributed by atoms with Crippen LogP contribution in [-0.4, -0.2) is 19.1 Å². The van der Waals surface area contributed by atoms with Gasteiger partial charge < -0.3 is 15.8 Å². The van der Waals surface area contributed by atoms with Crippen molar-refractivity contribution in [1.29, 1.82) is 0 Å². The highest BCUT2D eigenvalue weighted by molar-refractivity contribution is 5.92. The quantitative estimate of drug-likeness (QED) is 0.822. The summed E-state index contributed by atoms with van der Waals surface area (Å²) in [6.07, 6.45) is 0.621. The second kappa shape index (κ2) is 6.90. The molecular weight excluding hydrogens is 242 g/mol. The summed E-state index contributed by atoms with van der Waals surface area (Å²) in [7, 11) is 0. The largest absolute Gasteiger partial charge is 0.435 e. The van der Waals surface area contributed by atoms with Crippen molar-refractivity contribution < 1.29 is 18.3 Å². The first-order valence-corrected chi connectivity index (χ1v) is 5.62. The molecule has 0 aromatic heterocycles. The van der Waals surface area contributed by atoms with Crippen molar-refractivity contribution in [2.75, 3.05) is 11.9 Å². The van der Waals surface area contributed by atoms with Crippen LogP contribution in [0.2, 0.25) is 0 Å². The number of carbonyl (C=O) groups is 1. The Balaban J connectivity index is 2.69. The van der Waals surface area contributed by atoms with E-state index in [4.69, 9.17) is 5.73 Å². The van der Waals surface area contributed by atoms with E-state index in [9.17, 15) is 13.6 Å². The van der Waals surface area contributed by atoms with Gasteiger partial charge in [0.2, 0.25) is 5.91 Å². The van der Waals surface area contributed by atoms with Crippen LogP contribution in [0.1, 0.15) is 13.3 Å². The van der Waals surface area contributed by atoms with Gasteiger partial charge in [0.25, 0.3) is 0 Å². The number of alkyl halides is 2. The first kappa shape index (κ1) is 14.4. The number of nitrogens with one attached hydrogen (secondary N) is 1. The standard InChI is InChI=1S/C12H16F2N2O2/c1-2-8(7-15)11(17)16-9-4-3-5-10(6-9)18-12(13)14/h3-6,8,12H,2,7,15H2,1H3,(H,16,17). The van der Waals surface area contributed by atoms with E-state index >= 15 is 0 Å². The number of ether oxygens (including phenoxy) is 1. The number of hydrogen-bond donors (Lipinski definition) is 2. The molecule has 1 unspecified atom stereocenters. The van der Waals surface area contributed by atoms with Gasteiger partial charge in [-0.15, -0.1) is 0 Å². The number of hydrogen-bond acceptors (Lipinski definition) is 3. The van der Waals surface area contributed by atoms with Gasteiger partial charge >= 0.3 is 6.61 Å². The number of benzene rings is 1. The summed E-state index contributed by atoms with van der Waals surface area (Å²) in [5.74, 6) is -0.512. The summed E-state index contributed by atoms with van der Waals surface area (Å²) >= 11 is 0. The number of amides is 1. The van der Waals surface area contributed by atoms with E-state index in [-0.39, 0.29) is 24.1 Å². The lowest BCUT2D eigenvalue weighted by Crippen LogP contribution is -2.28. The maximum Gasteiger partial charge on any atom is 0.387 e. The van der Waals surface area contributed by atoms with Crippen molar-refractivity contribution in [2.24, 2.45) is 11.7 Å². The highest BCUT2D eigenvalue weighted by Crippen LogP contribution is 2.20. The van der Waals surface area contributed by atoms with Gasteiger partial charge in [0.1, 0.15) is 5.75 Å². The molecule has 1 atom stereocenters. The van der Waals surface area contributed by atoms with Crippen LogP contribution >= 0.6 is 0 Å². The maximum absolute atomic E-state index is 12.0. The predicted molar refractivity (Wildman–Crippen MR) is 64.5 cm³/mol. The van der Waals surface area contributed by atoms with Crippen molar-refractivity contribution in [3.63, 3.8) is 0 Å². The Bertz CT molecular complexity index is 395. The van der Waals surface area contributed by atoms with E-state index in [1.54, 1.807) is 6.07 Å². The normalized spacial score (nSPS) is 12.3. The molecular formula is C12H16F2N2O2. The number of anilines is 1. The predicted octanol–water partition coefficient (Wildman–Crippen LogP) is 2.21. The van der Waals surface area contributed by atoms with Crippen LogP contribution in [0.4, 0.5) is 14.5 Å². The third kappa shape index (κ3) is 4.29. The minimum Gasteiger partial charge on any atom is -0.435 e. The lowest BCUT2D eigenvalue weighted by molar-refractivity contribution is -0.119. The fraction of sp³-hybridized carbons (Fsp3) is 0.417. The zero-order chi connectivity index (χ0) is 13.5. The van der Waals surface area contributed by atoms with Crippen LogP contribution in [0.3, 0.4) is 0 Å². The van der Waals surface area contributed by atoms with Gasteiger partial charge in [-0.3, -0.25) is 4.79 Å². The summed E-state index contributed by atoms with van der Waals surface area (Å²) in [5, 5.41) is 2.61. The van der Waals surface area contributed by atoms with Crippen molar-refractivity contribution >= 4 is 11.6 Å². The SMILES string of the molecule is CCC(CN)C(=O)Nc1cccc(OC(F)F)c1. The van der Waals surface area contributed by atoms with E-state index in [1.807, 2.05) is 6.92 Å². The first-order valence-electron chi connectivity index (χ1n) is 5.62. The fourth-order valence-electron chi connectivity index (χ4n) is 1.45. The molecule has 3 N–H and O–H groups in total. The molecule has 18 heavy (non-hydrogen) atoms. The summed E-state index contributed by atoms with van der Waals surface area (Å²) in [4.78, 5) is 11.7. The molecule has 0 radical (unpaired) electrons. The first-order chi connectivity index (χ1) is 8.56. The zero-order valence-electron chi connectivity index (χ0n) is 10.0. The number of halogens is 2. The highest BCUT2D eigenvalue weighted by atomic mass is 19.3. The second-order valence-electron chi connectivity index (χ2n) is 3.74. The summed E-state index contributed by atoms with van der Waals surface area (Å²) in [6, 6.07) is 5.85. The van der Waals surface area contributed by atoms with Crippen LogP contribution in [0, 0.1) is 5.92 Å². The number of carbonyl (C=O) groups excluding carboxylic acids is 1. The maximum atomic E-state index is 12.0. The van der Waals surface area contributed by atoms with Gasteiger partial charge in [-0.1, -0.05) is 13.0 Å². The lowest BCUT2D eigenvalue weighted by Gasteiger charge is -2.13. The van der Waals surface area contributed by atoms with E-state index in [0.29, 0.717) is 12.1 Å². The monoisotopic (exact) mass is 258 g/mol. The minimum absolute atomic E-state index is 0.00333. The third-order valence-corrected chi connectivity index (χ3v) is 2.47. The number of rotatable bonds is 6. The molecule has 100 valence electrons. The Morgan fingerprint density at radius 1 is 1.50 bits per heavy atom. The Morgan fingerprint density at radius 2 is 2.22 bits per heavy atom. The number of nitrogens with two attached hydrogens (primary N) is 1. The third-order valence-electron chi connectivity index (χ3n) is 2.47. The summed E-state index contributed by atoms with van der Waals surface area (Å²) in [5.41, 5.74) is 5.86. The Hall–Kier alpha value is -1.69. The van der Waals surface area contributed by atoms with Gasteiger partial charge in [-0.05, 0) is 18.6 Å². The molecule has 0 fully saturated rings. The molecule has 1 amide bonds. The Kier molecular flexibility index (Phi) is 5.51. The zero-order valence-corrected chi connectivity index (χ0v) is 10.0. The molecule has 0 saturated carbocycles. The topological polar surface area (TPSA) is 64.4 Å². The van der Waals surface area contributed by atoms with Crippen molar-refractivity contribution in [1.82, 2.24) is 0 Å². The van der Waals surface area contributed by atoms with Crippen molar-refractivity contribution in [2.45, 2.75) is 20.0 Å². The minimum atomic E-state index is -2.89. The highest BCUT2D eigenvalue weighted by Gasteiger charge is 2.14. The van der Waals surface area contributed by atoms with Crippen LogP contribution in [0.25, 0.3) is 0 Å². The molecule has 1 rings (SSSR count). The smallest absolute Gasteiger partial charge is 0.387 e. The second-order valence-corrected chi connectivity index (χ2v) is 3.74. The van der Waals surface area contributed by atoms with E-state index < -0.39 is 6.61 Å². The van der Waals surface area contributed by atoms with Crippen molar-refractivity contribution in [3.05, 3.63) is 24.3 Å². The van der Waals surface area contributed by atoms with E-state index in [1.165, 1.54) is 18.2 Å². The Labute approximate surface area is 104 Å². The lowest BCUT2D eigenvalue weighted by atomic mass is 10.1. The van der Waals surface area contributed by atoms with Gasteiger partial charge in [0.15, 0.2) is 0 Å². The van der Waals surface area contributed by atoms with Gasteiger partial charge in [0, 0.05) is 18.3 Å². The fourth-order valence-corrected chi connectivity index (χ4v) is 1.45. The molecule has 1 aromatic carbocycles. The molecule has 0 saturated heterocycles. The molecule has 0 heterocycles. The van der Waals surface area contributed by atoms with Crippen LogP contribution in [-0.2, 0) is 4.79 Å². The average molecular weight is 258 g/mol. The van der Waals surface area contributed by atoms with Crippen LogP contribution < -0.4 is 15.8 Å².